The second-order valence-electron chi connectivity index (χ2n) is 6.45. The molecular formula is C23H26N4O2. The van der Waals surface area contributed by atoms with Gasteiger partial charge in [0, 0.05) is 19.5 Å². The number of carbonyl (C=O) groups is 2. The lowest BCUT2D eigenvalue weighted by molar-refractivity contribution is -0.126. The first kappa shape index (κ1) is 21.7. The van der Waals surface area contributed by atoms with Crippen LogP contribution >= 0.6 is 0 Å². The van der Waals surface area contributed by atoms with Crippen molar-refractivity contribution in [2.45, 2.75) is 12.8 Å². The van der Waals surface area contributed by atoms with Gasteiger partial charge in [0.05, 0.1) is 17.3 Å². The molecule has 1 atom stereocenters. The van der Waals surface area contributed by atoms with Crippen LogP contribution in [0.5, 0.6) is 0 Å². The summed E-state index contributed by atoms with van der Waals surface area (Å²) in [6.45, 7) is 0.735. The van der Waals surface area contributed by atoms with Gasteiger partial charge in [0.25, 0.3) is 0 Å². The molecule has 6 heteroatoms. The molecule has 0 spiro atoms. The van der Waals surface area contributed by atoms with E-state index < -0.39 is 0 Å². The molecule has 4 N–H and O–H groups in total. The van der Waals surface area contributed by atoms with Crippen LogP contribution in [0, 0.1) is 18.8 Å². The van der Waals surface area contributed by atoms with E-state index in [2.05, 4.69) is 29.6 Å². The van der Waals surface area contributed by atoms with Crippen LogP contribution in [0.15, 0.2) is 78.1 Å². The number of nitrogens with zero attached hydrogens (tertiary/aromatic N) is 1. The first-order valence-corrected chi connectivity index (χ1v) is 9.35. The van der Waals surface area contributed by atoms with Gasteiger partial charge in [-0.2, -0.15) is 0 Å². The van der Waals surface area contributed by atoms with Gasteiger partial charge in [0.1, 0.15) is 0 Å². The van der Waals surface area contributed by atoms with Crippen LogP contribution in [-0.2, 0) is 9.59 Å². The molecule has 1 heterocycles. The van der Waals surface area contributed by atoms with Gasteiger partial charge in [-0.15, -0.1) is 12.8 Å². The average Bonchev–Trinajstić information content (AvgIpc) is 3.02. The summed E-state index contributed by atoms with van der Waals surface area (Å²) < 4.78 is 0. The van der Waals surface area contributed by atoms with Crippen molar-refractivity contribution in [3.63, 3.8) is 0 Å². The van der Waals surface area contributed by atoms with Crippen molar-refractivity contribution in [3.05, 3.63) is 78.1 Å². The molecule has 150 valence electrons. The number of carbonyl (C=O) groups excluding carboxylic acids is 2. The fourth-order valence-corrected chi connectivity index (χ4v) is 3.06. The third kappa shape index (κ3) is 6.23. The summed E-state index contributed by atoms with van der Waals surface area (Å²) in [5.41, 5.74) is 2.75. The Hall–Kier alpha value is -3.56. The maximum absolute atomic E-state index is 12.2. The number of amides is 2. The topological polar surface area (TPSA) is 87.5 Å². The molecule has 3 rings (SSSR count). The van der Waals surface area contributed by atoms with E-state index in [0.717, 1.165) is 23.4 Å². The Bertz CT molecular complexity index is 850. The Balaban J connectivity index is 0.00000145. The number of hydrogen-bond donors (Lipinski definition) is 3. The lowest BCUT2D eigenvalue weighted by Gasteiger charge is -2.24. The minimum absolute atomic E-state index is 0.0780. The second-order valence-corrected chi connectivity index (χ2v) is 6.45. The number of hydrogen-bond acceptors (Lipinski definition) is 4. The third-order valence-electron chi connectivity index (χ3n) is 4.54. The van der Waals surface area contributed by atoms with Crippen molar-refractivity contribution in [2.24, 2.45) is 11.8 Å². The van der Waals surface area contributed by atoms with Crippen molar-refractivity contribution in [1.29, 1.82) is 0 Å². The number of rotatable bonds is 6. The molecule has 1 fully saturated rings. The van der Waals surface area contributed by atoms with E-state index in [9.17, 15) is 9.59 Å². The molecule has 2 aliphatic rings. The van der Waals surface area contributed by atoms with Crippen molar-refractivity contribution in [1.82, 2.24) is 10.6 Å². The van der Waals surface area contributed by atoms with Gasteiger partial charge in [-0.1, -0.05) is 48.6 Å². The van der Waals surface area contributed by atoms with Crippen molar-refractivity contribution < 1.29 is 9.59 Å². The molecule has 6 nitrogen and oxygen atoms in total. The van der Waals surface area contributed by atoms with Gasteiger partial charge in [0.2, 0.25) is 11.8 Å². The number of anilines is 1. The summed E-state index contributed by atoms with van der Waals surface area (Å²) in [7, 11) is 0. The summed E-state index contributed by atoms with van der Waals surface area (Å²) in [5.74, 6) is 5.88. The zero-order chi connectivity index (χ0) is 21.1. The molecule has 29 heavy (non-hydrogen) atoms. The Morgan fingerprint density at radius 1 is 1.24 bits per heavy atom. The predicted molar refractivity (Wildman–Crippen MR) is 116 cm³/mol. The van der Waals surface area contributed by atoms with E-state index in [1.54, 1.807) is 5.01 Å². The van der Waals surface area contributed by atoms with Gasteiger partial charge < -0.3 is 10.6 Å². The van der Waals surface area contributed by atoms with Crippen LogP contribution < -0.4 is 21.5 Å². The monoisotopic (exact) mass is 390 g/mol. The quantitative estimate of drug-likeness (QED) is 0.395. The lowest BCUT2D eigenvalue weighted by atomic mass is 10.1. The van der Waals surface area contributed by atoms with Gasteiger partial charge in [0.15, 0.2) is 0 Å². The largest absolute Gasteiger partial charge is 0.355 e. The second kappa shape index (κ2) is 11.3. The summed E-state index contributed by atoms with van der Waals surface area (Å²) in [4.78, 5) is 23.5. The highest BCUT2D eigenvalue weighted by molar-refractivity contribution is 5.89. The maximum Gasteiger partial charge on any atom is 0.225 e. The van der Waals surface area contributed by atoms with Crippen LogP contribution in [0.2, 0.25) is 0 Å². The highest BCUT2D eigenvalue weighted by atomic mass is 16.2. The SMILES string of the molecule is C#C.NN(/C(=C\CNC(=O)C1CNC(=O)C1)C1=CC=CC=CC1)c1ccccc1. The molecule has 0 radical (unpaired) electrons. The Morgan fingerprint density at radius 2 is 2.00 bits per heavy atom. The molecule has 1 aliphatic heterocycles. The van der Waals surface area contributed by atoms with Crippen molar-refractivity contribution in [3.8, 4) is 12.8 Å². The fraction of sp³-hybridized carbons (Fsp3) is 0.217. The molecule has 1 aromatic rings. The molecular weight excluding hydrogens is 364 g/mol. The maximum atomic E-state index is 12.2. The molecule has 1 unspecified atom stereocenters. The first-order valence-electron chi connectivity index (χ1n) is 9.35. The molecule has 0 saturated carbocycles. The minimum Gasteiger partial charge on any atom is -0.355 e. The van der Waals surface area contributed by atoms with Crippen molar-refractivity contribution >= 4 is 17.5 Å². The number of para-hydroxylation sites is 1. The Morgan fingerprint density at radius 3 is 2.69 bits per heavy atom. The fourth-order valence-electron chi connectivity index (χ4n) is 3.06. The number of allylic oxidation sites excluding steroid dienone is 6. The number of benzene rings is 1. The molecule has 0 bridgehead atoms. The average molecular weight is 390 g/mol. The highest BCUT2D eigenvalue weighted by Crippen LogP contribution is 2.24. The standard InChI is InChI=1S/C21H24N4O2.C2H2/c22-25(18-10-6-3-7-11-18)19(16-8-4-1-2-5-9-16)12-13-23-21(27)17-14-20(26)24-15-17;1-2/h1-8,10-12,17H,9,13-15,22H2,(H,23,27)(H,24,26);1-2H/b19-12-;. The smallest absolute Gasteiger partial charge is 0.225 e. The third-order valence-corrected chi connectivity index (χ3v) is 4.54. The number of terminal acetylenes is 1. The molecule has 1 saturated heterocycles. The van der Waals surface area contributed by atoms with E-state index in [1.807, 2.05) is 60.7 Å². The zero-order valence-corrected chi connectivity index (χ0v) is 16.3. The van der Waals surface area contributed by atoms with Crippen LogP contribution in [-0.4, -0.2) is 24.9 Å². The van der Waals surface area contributed by atoms with Gasteiger partial charge in [-0.05, 0) is 30.2 Å². The first-order chi connectivity index (χ1) is 14.1. The number of nitrogens with one attached hydrogen (secondary N) is 2. The summed E-state index contributed by atoms with van der Waals surface area (Å²) in [6, 6.07) is 9.67. The van der Waals surface area contributed by atoms with Crippen LogP contribution in [0.25, 0.3) is 0 Å². The normalized spacial score (nSPS) is 18.0. The summed E-state index contributed by atoms with van der Waals surface area (Å²) in [5, 5.41) is 7.19. The van der Waals surface area contributed by atoms with E-state index in [1.165, 1.54) is 0 Å². The van der Waals surface area contributed by atoms with Crippen LogP contribution in [0.3, 0.4) is 0 Å². The van der Waals surface area contributed by atoms with Gasteiger partial charge in [-0.3, -0.25) is 14.6 Å². The number of hydrazine groups is 1. The Kier molecular flexibility index (Phi) is 8.49. The van der Waals surface area contributed by atoms with Gasteiger partial charge in [-0.25, -0.2) is 5.84 Å². The van der Waals surface area contributed by atoms with E-state index in [4.69, 9.17) is 5.84 Å². The van der Waals surface area contributed by atoms with Crippen LogP contribution in [0.1, 0.15) is 12.8 Å². The molecule has 2 amide bonds. The van der Waals surface area contributed by atoms with E-state index >= 15 is 0 Å². The van der Waals surface area contributed by atoms with E-state index in [-0.39, 0.29) is 24.2 Å². The summed E-state index contributed by atoms with van der Waals surface area (Å²) in [6.07, 6.45) is 20.9. The summed E-state index contributed by atoms with van der Waals surface area (Å²) >= 11 is 0. The zero-order valence-electron chi connectivity index (χ0n) is 16.3. The number of nitrogens with two attached hydrogens (primary N) is 1. The minimum atomic E-state index is -0.305. The van der Waals surface area contributed by atoms with E-state index in [0.29, 0.717) is 13.1 Å². The van der Waals surface area contributed by atoms with Crippen molar-refractivity contribution in [2.75, 3.05) is 18.1 Å². The van der Waals surface area contributed by atoms with Crippen LogP contribution in [0.4, 0.5) is 5.69 Å². The Labute approximate surface area is 171 Å². The van der Waals surface area contributed by atoms with Gasteiger partial charge >= 0.3 is 0 Å². The molecule has 1 aromatic carbocycles. The lowest BCUT2D eigenvalue weighted by Crippen LogP contribution is -2.34. The molecule has 1 aliphatic carbocycles. The highest BCUT2D eigenvalue weighted by Gasteiger charge is 2.27. The molecule has 0 aromatic heterocycles. The predicted octanol–water partition coefficient (Wildman–Crippen LogP) is 2.19.